The molecule has 0 spiro atoms. The number of rotatable bonds is 9. The number of amides is 2. The van der Waals surface area contributed by atoms with E-state index in [0.29, 0.717) is 12.8 Å². The summed E-state index contributed by atoms with van der Waals surface area (Å²) in [4.78, 5) is 35.1. The SMILES string of the molecule is CC(C)C[C@H](NC(=O)CNC(=O)CCc1cn(C)c2ccccc12)C(=O)O. The fourth-order valence-electron chi connectivity index (χ4n) is 3.08. The van der Waals surface area contributed by atoms with E-state index in [4.69, 9.17) is 5.11 Å². The highest BCUT2D eigenvalue weighted by Crippen LogP contribution is 2.21. The molecule has 7 nitrogen and oxygen atoms in total. The van der Waals surface area contributed by atoms with E-state index in [2.05, 4.69) is 10.6 Å². The summed E-state index contributed by atoms with van der Waals surface area (Å²) in [5.74, 6) is -1.67. The number of nitrogens with one attached hydrogen (secondary N) is 2. The lowest BCUT2D eigenvalue weighted by Gasteiger charge is -2.16. The Morgan fingerprint density at radius 1 is 1.15 bits per heavy atom. The number of para-hydroxylation sites is 1. The van der Waals surface area contributed by atoms with Gasteiger partial charge in [-0.05, 0) is 30.4 Å². The standard InChI is InChI=1S/C20H27N3O4/c1-13(2)10-16(20(26)27)22-19(25)11-21-18(24)9-8-14-12-23(3)17-7-5-4-6-15(14)17/h4-7,12-13,16H,8-11H2,1-3H3,(H,21,24)(H,22,25)(H,26,27)/t16-/m0/s1. The quantitative estimate of drug-likeness (QED) is 0.624. The second-order valence-corrected chi connectivity index (χ2v) is 7.15. The Morgan fingerprint density at radius 2 is 1.85 bits per heavy atom. The van der Waals surface area contributed by atoms with Gasteiger partial charge in [0.25, 0.3) is 0 Å². The van der Waals surface area contributed by atoms with Crippen LogP contribution in [0.5, 0.6) is 0 Å². The van der Waals surface area contributed by atoms with Crippen molar-refractivity contribution in [3.05, 3.63) is 36.0 Å². The van der Waals surface area contributed by atoms with Crippen molar-refractivity contribution in [2.45, 2.75) is 39.2 Å². The molecule has 0 fully saturated rings. The number of nitrogens with zero attached hydrogens (tertiary/aromatic N) is 1. The van der Waals surface area contributed by atoms with Crippen LogP contribution < -0.4 is 10.6 Å². The molecule has 0 radical (unpaired) electrons. The van der Waals surface area contributed by atoms with Crippen molar-refractivity contribution in [3.63, 3.8) is 0 Å². The molecule has 0 aliphatic carbocycles. The van der Waals surface area contributed by atoms with Gasteiger partial charge in [-0.1, -0.05) is 32.0 Å². The molecular formula is C20H27N3O4. The molecule has 1 aromatic heterocycles. The topological polar surface area (TPSA) is 100 Å². The van der Waals surface area contributed by atoms with E-state index in [9.17, 15) is 14.4 Å². The minimum absolute atomic E-state index is 0.140. The number of aromatic nitrogens is 1. The van der Waals surface area contributed by atoms with Crippen LogP contribution in [0.2, 0.25) is 0 Å². The molecule has 0 saturated carbocycles. The third-order valence-corrected chi connectivity index (χ3v) is 4.39. The summed E-state index contributed by atoms with van der Waals surface area (Å²) in [5, 5.41) is 15.3. The Hall–Kier alpha value is -2.83. The van der Waals surface area contributed by atoms with Gasteiger partial charge < -0.3 is 20.3 Å². The number of carbonyl (C=O) groups excluding carboxylic acids is 2. The maximum Gasteiger partial charge on any atom is 0.326 e. The van der Waals surface area contributed by atoms with Gasteiger partial charge in [0.2, 0.25) is 11.8 Å². The Morgan fingerprint density at radius 3 is 2.52 bits per heavy atom. The lowest BCUT2D eigenvalue weighted by Crippen LogP contribution is -2.46. The molecule has 0 saturated heterocycles. The number of hydrogen-bond donors (Lipinski definition) is 3. The number of fused-ring (bicyclic) bond motifs is 1. The fraction of sp³-hybridized carbons (Fsp3) is 0.450. The molecule has 2 aromatic rings. The van der Waals surface area contributed by atoms with Gasteiger partial charge in [-0.2, -0.15) is 0 Å². The van der Waals surface area contributed by atoms with Crippen LogP contribution >= 0.6 is 0 Å². The number of carboxylic acid groups (broad SMARTS) is 1. The van der Waals surface area contributed by atoms with E-state index in [1.54, 1.807) is 0 Å². The van der Waals surface area contributed by atoms with Gasteiger partial charge in [0.1, 0.15) is 6.04 Å². The molecular weight excluding hydrogens is 346 g/mol. The summed E-state index contributed by atoms with van der Waals surface area (Å²) in [7, 11) is 1.96. The Bertz CT molecular complexity index is 826. The summed E-state index contributed by atoms with van der Waals surface area (Å²) in [6.07, 6.45) is 3.18. The van der Waals surface area contributed by atoms with Crippen LogP contribution in [0.1, 0.15) is 32.3 Å². The van der Waals surface area contributed by atoms with Crippen molar-refractivity contribution >= 4 is 28.7 Å². The van der Waals surface area contributed by atoms with E-state index < -0.39 is 17.9 Å². The highest BCUT2D eigenvalue weighted by Gasteiger charge is 2.21. The third-order valence-electron chi connectivity index (χ3n) is 4.39. The average Bonchev–Trinajstić information content (AvgIpc) is 2.93. The third kappa shape index (κ3) is 5.84. The van der Waals surface area contributed by atoms with E-state index in [1.807, 2.05) is 55.9 Å². The lowest BCUT2D eigenvalue weighted by atomic mass is 10.0. The van der Waals surface area contributed by atoms with Gasteiger partial charge >= 0.3 is 5.97 Å². The molecule has 27 heavy (non-hydrogen) atoms. The predicted molar refractivity (Wildman–Crippen MR) is 103 cm³/mol. The molecule has 1 atom stereocenters. The highest BCUT2D eigenvalue weighted by atomic mass is 16.4. The minimum atomic E-state index is -1.07. The van der Waals surface area contributed by atoms with E-state index in [0.717, 1.165) is 16.5 Å². The second kappa shape index (κ2) is 9.21. The van der Waals surface area contributed by atoms with Gasteiger partial charge in [0.15, 0.2) is 0 Å². The zero-order valence-corrected chi connectivity index (χ0v) is 16.0. The summed E-state index contributed by atoms with van der Waals surface area (Å²) >= 11 is 0. The van der Waals surface area contributed by atoms with E-state index >= 15 is 0 Å². The first-order chi connectivity index (χ1) is 12.8. The van der Waals surface area contributed by atoms with Crippen LogP contribution in [0.3, 0.4) is 0 Å². The Balaban J connectivity index is 1.81. The maximum absolute atomic E-state index is 12.0. The van der Waals surface area contributed by atoms with Crippen LogP contribution in [0.25, 0.3) is 10.9 Å². The summed E-state index contributed by atoms with van der Waals surface area (Å²) in [6, 6.07) is 7.05. The highest BCUT2D eigenvalue weighted by molar-refractivity contribution is 5.88. The van der Waals surface area contributed by atoms with Crippen LogP contribution in [0.15, 0.2) is 30.5 Å². The molecule has 2 amide bonds. The van der Waals surface area contributed by atoms with Crippen molar-refractivity contribution in [1.29, 1.82) is 0 Å². The van der Waals surface area contributed by atoms with Gasteiger partial charge in [-0.25, -0.2) is 4.79 Å². The van der Waals surface area contributed by atoms with Crippen molar-refractivity contribution in [1.82, 2.24) is 15.2 Å². The zero-order chi connectivity index (χ0) is 20.0. The van der Waals surface area contributed by atoms with Crippen LogP contribution in [0.4, 0.5) is 0 Å². The largest absolute Gasteiger partial charge is 0.480 e. The predicted octanol–water partition coefficient (Wildman–Crippen LogP) is 1.84. The second-order valence-electron chi connectivity index (χ2n) is 7.15. The summed E-state index contributed by atoms with van der Waals surface area (Å²) < 4.78 is 2.02. The van der Waals surface area contributed by atoms with Crippen molar-refractivity contribution in [2.24, 2.45) is 13.0 Å². The van der Waals surface area contributed by atoms with Gasteiger partial charge in [-0.3, -0.25) is 9.59 Å². The molecule has 0 bridgehead atoms. The molecule has 2 rings (SSSR count). The Kier molecular flexibility index (Phi) is 6.98. The molecule has 0 unspecified atom stereocenters. The summed E-state index contributed by atoms with van der Waals surface area (Å²) in [6.45, 7) is 3.55. The van der Waals surface area contributed by atoms with Crippen molar-refractivity contribution in [3.8, 4) is 0 Å². The first kappa shape index (κ1) is 20.5. The normalized spacial score (nSPS) is 12.1. The van der Waals surface area contributed by atoms with Gasteiger partial charge in [0, 0.05) is 30.6 Å². The number of hydrogen-bond acceptors (Lipinski definition) is 3. The van der Waals surface area contributed by atoms with Crippen LogP contribution in [-0.4, -0.2) is 40.0 Å². The average molecular weight is 373 g/mol. The zero-order valence-electron chi connectivity index (χ0n) is 16.0. The van der Waals surface area contributed by atoms with E-state index in [1.165, 1.54) is 0 Å². The summed E-state index contributed by atoms with van der Waals surface area (Å²) in [5.41, 5.74) is 2.19. The van der Waals surface area contributed by atoms with Crippen LogP contribution in [-0.2, 0) is 27.9 Å². The first-order valence-electron chi connectivity index (χ1n) is 9.09. The van der Waals surface area contributed by atoms with Crippen LogP contribution in [0, 0.1) is 5.92 Å². The van der Waals surface area contributed by atoms with Crippen molar-refractivity contribution in [2.75, 3.05) is 6.54 Å². The number of carbonyl (C=O) groups is 3. The van der Waals surface area contributed by atoms with E-state index in [-0.39, 0.29) is 24.8 Å². The smallest absolute Gasteiger partial charge is 0.326 e. The number of benzene rings is 1. The minimum Gasteiger partial charge on any atom is -0.480 e. The molecule has 1 heterocycles. The number of aliphatic carboxylic acids is 1. The first-order valence-corrected chi connectivity index (χ1v) is 9.09. The maximum atomic E-state index is 12.0. The molecule has 1 aromatic carbocycles. The molecule has 7 heteroatoms. The molecule has 3 N–H and O–H groups in total. The molecule has 146 valence electrons. The monoisotopic (exact) mass is 373 g/mol. The number of carboxylic acids is 1. The van der Waals surface area contributed by atoms with Crippen molar-refractivity contribution < 1.29 is 19.5 Å². The van der Waals surface area contributed by atoms with Gasteiger partial charge in [0.05, 0.1) is 6.54 Å². The number of aryl methyl sites for hydroxylation is 2. The van der Waals surface area contributed by atoms with Gasteiger partial charge in [-0.15, -0.1) is 0 Å². The molecule has 0 aliphatic heterocycles. The molecule has 0 aliphatic rings. The lowest BCUT2D eigenvalue weighted by molar-refractivity contribution is -0.142. The fourth-order valence-corrected chi connectivity index (χ4v) is 3.08. The Labute approximate surface area is 158 Å².